The summed E-state index contributed by atoms with van der Waals surface area (Å²) in [6.07, 6.45) is 0. The number of nitrogens with two attached hydrogens (primary N) is 1. The maximum absolute atomic E-state index is 13.5. The second kappa shape index (κ2) is 4.93. The van der Waals surface area contributed by atoms with Crippen LogP contribution in [0.5, 0.6) is 0 Å². The van der Waals surface area contributed by atoms with E-state index in [0.29, 0.717) is 12.1 Å². The molecule has 6 heteroatoms. The van der Waals surface area contributed by atoms with Crippen LogP contribution in [0.1, 0.15) is 15.9 Å². The van der Waals surface area contributed by atoms with Gasteiger partial charge >= 0.3 is 0 Å². The molecule has 0 saturated carbocycles. The first-order chi connectivity index (χ1) is 8.90. The number of carbonyl (C=O) groups excluding carboxylic acids is 1. The van der Waals surface area contributed by atoms with Gasteiger partial charge in [-0.05, 0) is 18.2 Å². The average molecular weight is 286 g/mol. The lowest BCUT2D eigenvalue weighted by Gasteiger charge is -2.07. The zero-order valence-corrected chi connectivity index (χ0v) is 10.1. The smallest absolute Gasteiger partial charge is 0.200 e. The van der Waals surface area contributed by atoms with E-state index in [1.165, 1.54) is 18.2 Å². The summed E-state index contributed by atoms with van der Waals surface area (Å²) in [6, 6.07) is 4.83. The Balaban J connectivity index is 2.59. The third kappa shape index (κ3) is 2.56. The molecule has 0 amide bonds. The zero-order valence-electron chi connectivity index (χ0n) is 9.38. The number of nitrogen functional groups attached to an aromatic ring is 1. The van der Waals surface area contributed by atoms with Gasteiger partial charge in [-0.1, -0.05) is 11.6 Å². The number of halogens is 4. The fraction of sp³-hybridized carbons (Fsp3) is 0. The van der Waals surface area contributed by atoms with E-state index in [4.69, 9.17) is 17.3 Å². The first-order valence-corrected chi connectivity index (χ1v) is 5.52. The van der Waals surface area contributed by atoms with Gasteiger partial charge in [-0.3, -0.25) is 4.79 Å². The van der Waals surface area contributed by atoms with Crippen molar-refractivity contribution in [1.29, 1.82) is 0 Å². The standard InChI is InChI=1S/C13H7ClF3NO/c14-9-2-1-7(18)5-8(9)13(19)12-10(16)3-6(15)4-11(12)17/h1-5H,18H2. The zero-order chi connectivity index (χ0) is 14.2. The molecule has 0 unspecified atom stereocenters. The molecular formula is C13H7ClF3NO. The number of carbonyl (C=O) groups is 1. The minimum atomic E-state index is -1.29. The number of hydrogen-bond acceptors (Lipinski definition) is 2. The van der Waals surface area contributed by atoms with Crippen LogP contribution >= 0.6 is 11.6 Å². The second-order valence-corrected chi connectivity index (χ2v) is 4.22. The van der Waals surface area contributed by atoms with Crippen LogP contribution in [0.2, 0.25) is 5.02 Å². The number of ketones is 1. The van der Waals surface area contributed by atoms with E-state index in [1.807, 2.05) is 0 Å². The van der Waals surface area contributed by atoms with Crippen LogP contribution in [0, 0.1) is 17.5 Å². The predicted octanol–water partition coefficient (Wildman–Crippen LogP) is 3.57. The largest absolute Gasteiger partial charge is 0.399 e. The number of benzene rings is 2. The Morgan fingerprint density at radius 2 is 1.63 bits per heavy atom. The molecule has 2 N–H and O–H groups in total. The fourth-order valence-electron chi connectivity index (χ4n) is 1.61. The van der Waals surface area contributed by atoms with Crippen LogP contribution in [0.25, 0.3) is 0 Å². The van der Waals surface area contributed by atoms with Gasteiger partial charge in [0.15, 0.2) is 0 Å². The summed E-state index contributed by atoms with van der Waals surface area (Å²) in [5.74, 6) is -4.68. The molecule has 2 rings (SSSR count). The van der Waals surface area contributed by atoms with Crippen molar-refractivity contribution in [2.75, 3.05) is 5.73 Å². The molecule has 19 heavy (non-hydrogen) atoms. The van der Waals surface area contributed by atoms with E-state index in [9.17, 15) is 18.0 Å². The van der Waals surface area contributed by atoms with Crippen LogP contribution < -0.4 is 5.73 Å². The molecule has 2 aromatic carbocycles. The molecule has 0 heterocycles. The Morgan fingerprint density at radius 1 is 1.05 bits per heavy atom. The minimum absolute atomic E-state index is 0.00215. The highest BCUT2D eigenvalue weighted by Gasteiger charge is 2.22. The van der Waals surface area contributed by atoms with Gasteiger partial charge in [0.05, 0.1) is 10.6 Å². The van der Waals surface area contributed by atoms with Crippen molar-refractivity contribution in [1.82, 2.24) is 0 Å². The molecule has 0 fully saturated rings. The lowest BCUT2D eigenvalue weighted by Crippen LogP contribution is -2.09. The van der Waals surface area contributed by atoms with E-state index >= 15 is 0 Å². The summed E-state index contributed by atoms with van der Waals surface area (Å²) in [7, 11) is 0. The monoisotopic (exact) mass is 285 g/mol. The fourth-order valence-corrected chi connectivity index (χ4v) is 1.81. The van der Waals surface area contributed by atoms with E-state index in [2.05, 4.69) is 0 Å². The summed E-state index contributed by atoms with van der Waals surface area (Å²) in [5, 5.41) is 0.00215. The molecule has 0 radical (unpaired) electrons. The molecule has 0 bridgehead atoms. The number of rotatable bonds is 2. The van der Waals surface area contributed by atoms with Crippen molar-refractivity contribution in [2.45, 2.75) is 0 Å². The van der Waals surface area contributed by atoms with Gasteiger partial charge in [-0.15, -0.1) is 0 Å². The van der Waals surface area contributed by atoms with Crippen molar-refractivity contribution >= 4 is 23.1 Å². The molecule has 98 valence electrons. The summed E-state index contributed by atoms with van der Waals surface area (Å²) in [4.78, 5) is 12.0. The van der Waals surface area contributed by atoms with Crippen LogP contribution in [0.4, 0.5) is 18.9 Å². The van der Waals surface area contributed by atoms with E-state index in [0.717, 1.165) is 0 Å². The van der Waals surface area contributed by atoms with Crippen LogP contribution in [-0.4, -0.2) is 5.78 Å². The Morgan fingerprint density at radius 3 is 2.21 bits per heavy atom. The number of anilines is 1. The van der Waals surface area contributed by atoms with Crippen LogP contribution in [-0.2, 0) is 0 Å². The summed E-state index contributed by atoms with van der Waals surface area (Å²) in [5.41, 5.74) is 4.69. The van der Waals surface area contributed by atoms with Crippen molar-refractivity contribution in [3.05, 3.63) is 63.9 Å². The molecule has 0 atom stereocenters. The molecule has 0 aliphatic heterocycles. The van der Waals surface area contributed by atoms with Gasteiger partial charge in [0.25, 0.3) is 0 Å². The maximum atomic E-state index is 13.5. The van der Waals surface area contributed by atoms with Gasteiger partial charge in [0.2, 0.25) is 5.78 Å². The van der Waals surface area contributed by atoms with Gasteiger partial charge < -0.3 is 5.73 Å². The van der Waals surface area contributed by atoms with Gasteiger partial charge in [-0.2, -0.15) is 0 Å². The number of hydrogen-bond donors (Lipinski definition) is 1. The molecule has 0 aliphatic rings. The van der Waals surface area contributed by atoms with Gasteiger partial charge in [-0.25, -0.2) is 13.2 Å². The predicted molar refractivity (Wildman–Crippen MR) is 65.6 cm³/mol. The topological polar surface area (TPSA) is 43.1 Å². The van der Waals surface area contributed by atoms with Gasteiger partial charge in [0, 0.05) is 23.4 Å². The summed E-state index contributed by atoms with van der Waals surface area (Å²) >= 11 is 5.78. The first kappa shape index (κ1) is 13.4. The molecular weight excluding hydrogens is 279 g/mol. The second-order valence-electron chi connectivity index (χ2n) is 3.81. The Bertz CT molecular complexity index is 650. The highest BCUT2D eigenvalue weighted by atomic mass is 35.5. The van der Waals surface area contributed by atoms with Crippen molar-refractivity contribution < 1.29 is 18.0 Å². The van der Waals surface area contributed by atoms with Crippen molar-refractivity contribution in [2.24, 2.45) is 0 Å². The van der Waals surface area contributed by atoms with Crippen molar-refractivity contribution in [3.63, 3.8) is 0 Å². The molecule has 2 nitrogen and oxygen atoms in total. The third-order valence-corrected chi connectivity index (χ3v) is 2.80. The molecule has 0 saturated heterocycles. The molecule has 0 aliphatic carbocycles. The highest BCUT2D eigenvalue weighted by molar-refractivity contribution is 6.35. The first-order valence-electron chi connectivity index (χ1n) is 5.14. The lowest BCUT2D eigenvalue weighted by atomic mass is 10.0. The summed E-state index contributed by atoms with van der Waals surface area (Å²) < 4.78 is 39.8. The quantitative estimate of drug-likeness (QED) is 0.677. The van der Waals surface area contributed by atoms with Crippen LogP contribution in [0.3, 0.4) is 0 Å². The maximum Gasteiger partial charge on any atom is 0.200 e. The molecule has 0 aromatic heterocycles. The summed E-state index contributed by atoms with van der Waals surface area (Å²) in [6.45, 7) is 0. The third-order valence-electron chi connectivity index (χ3n) is 2.47. The van der Waals surface area contributed by atoms with Crippen LogP contribution in [0.15, 0.2) is 30.3 Å². The Hall–Kier alpha value is -2.01. The highest BCUT2D eigenvalue weighted by Crippen LogP contribution is 2.25. The Labute approximate surface area is 111 Å². The SMILES string of the molecule is Nc1ccc(Cl)c(C(=O)c2c(F)cc(F)cc2F)c1. The molecule has 2 aromatic rings. The van der Waals surface area contributed by atoms with Gasteiger partial charge in [0.1, 0.15) is 17.5 Å². The van der Waals surface area contributed by atoms with E-state index in [1.54, 1.807) is 0 Å². The van der Waals surface area contributed by atoms with E-state index < -0.39 is 28.8 Å². The lowest BCUT2D eigenvalue weighted by molar-refractivity contribution is 0.103. The Kier molecular flexibility index (Phi) is 3.48. The van der Waals surface area contributed by atoms with Crippen molar-refractivity contribution in [3.8, 4) is 0 Å². The van der Waals surface area contributed by atoms with E-state index in [-0.39, 0.29) is 16.3 Å². The normalized spacial score (nSPS) is 10.5. The average Bonchev–Trinajstić information content (AvgIpc) is 2.30. The minimum Gasteiger partial charge on any atom is -0.399 e. The molecule has 0 spiro atoms.